The maximum Gasteiger partial charge on any atom is 0.275 e. The number of fused-ring (bicyclic) bond motifs is 1. The number of amides is 1. The molecule has 0 spiro atoms. The fraction of sp³-hybridized carbons (Fsp3) is 0.231. The lowest BCUT2D eigenvalue weighted by molar-refractivity contribution is -0.127. The van der Waals surface area contributed by atoms with Gasteiger partial charge in [0.15, 0.2) is 5.01 Å². The minimum Gasteiger partial charge on any atom is -0.496 e. The summed E-state index contributed by atoms with van der Waals surface area (Å²) >= 11 is 1.36. The van der Waals surface area contributed by atoms with Gasteiger partial charge < -0.3 is 9.64 Å². The molecule has 0 unspecified atom stereocenters. The van der Waals surface area contributed by atoms with E-state index in [4.69, 9.17) is 9.72 Å². The van der Waals surface area contributed by atoms with Crippen molar-refractivity contribution in [2.45, 2.75) is 6.54 Å². The highest BCUT2D eigenvalue weighted by Crippen LogP contribution is 2.32. The highest BCUT2D eigenvalue weighted by molar-refractivity contribution is 7.19. The van der Waals surface area contributed by atoms with Crippen LogP contribution in [-0.4, -0.2) is 63.6 Å². The van der Waals surface area contributed by atoms with E-state index in [0.29, 0.717) is 41.0 Å². The zero-order valence-corrected chi connectivity index (χ0v) is 20.1. The Labute approximate surface area is 206 Å². The van der Waals surface area contributed by atoms with Crippen LogP contribution in [0.2, 0.25) is 0 Å². The SMILES string of the molecule is COc1ccccc1-c1nn2c(=O)cc(CN3CCN(C(=O)/C=C/c4ccccc4)CC3)nc2s1. The van der Waals surface area contributed by atoms with Crippen molar-refractivity contribution in [3.63, 3.8) is 0 Å². The van der Waals surface area contributed by atoms with Crippen molar-refractivity contribution in [1.82, 2.24) is 24.4 Å². The third kappa shape index (κ3) is 5.16. The first-order valence-corrected chi connectivity index (χ1v) is 12.2. The van der Waals surface area contributed by atoms with Gasteiger partial charge in [-0.2, -0.15) is 9.61 Å². The predicted molar refractivity (Wildman–Crippen MR) is 136 cm³/mol. The largest absolute Gasteiger partial charge is 0.496 e. The Morgan fingerprint density at radius 3 is 2.57 bits per heavy atom. The van der Waals surface area contributed by atoms with Gasteiger partial charge in [-0.25, -0.2) is 4.98 Å². The first-order valence-electron chi connectivity index (χ1n) is 11.4. The number of para-hydroxylation sites is 1. The highest BCUT2D eigenvalue weighted by Gasteiger charge is 2.21. The van der Waals surface area contributed by atoms with Gasteiger partial charge >= 0.3 is 0 Å². The third-order valence-electron chi connectivity index (χ3n) is 5.92. The molecule has 1 aliphatic heterocycles. The molecule has 2 aromatic carbocycles. The zero-order valence-electron chi connectivity index (χ0n) is 19.3. The maximum atomic E-state index is 12.7. The van der Waals surface area contributed by atoms with Crippen molar-refractivity contribution in [2.75, 3.05) is 33.3 Å². The molecule has 178 valence electrons. The fourth-order valence-electron chi connectivity index (χ4n) is 4.06. The summed E-state index contributed by atoms with van der Waals surface area (Å²) in [6.07, 6.45) is 3.47. The van der Waals surface area contributed by atoms with Crippen LogP contribution in [0.4, 0.5) is 0 Å². The molecule has 0 saturated carbocycles. The van der Waals surface area contributed by atoms with Gasteiger partial charge in [-0.1, -0.05) is 53.8 Å². The summed E-state index contributed by atoms with van der Waals surface area (Å²) in [6, 6.07) is 18.9. The molecular weight excluding hydrogens is 462 g/mol. The van der Waals surface area contributed by atoms with E-state index < -0.39 is 0 Å². The van der Waals surface area contributed by atoms with Crippen LogP contribution in [0.25, 0.3) is 21.6 Å². The molecule has 0 atom stereocenters. The highest BCUT2D eigenvalue weighted by atomic mass is 32.1. The van der Waals surface area contributed by atoms with Crippen LogP contribution in [0.5, 0.6) is 5.75 Å². The van der Waals surface area contributed by atoms with Crippen LogP contribution < -0.4 is 10.3 Å². The molecule has 3 heterocycles. The standard InChI is InChI=1S/C26H25N5O3S/c1-34-22-10-6-5-9-21(22)25-28-31-24(33)17-20(27-26(31)35-25)18-29-13-15-30(16-14-29)23(32)12-11-19-7-3-2-4-8-19/h2-12,17H,13-16,18H2,1H3/b12-11+. The van der Waals surface area contributed by atoms with E-state index in [1.54, 1.807) is 19.3 Å². The van der Waals surface area contributed by atoms with Gasteiger partial charge in [0.05, 0.1) is 18.4 Å². The molecule has 0 aliphatic carbocycles. The Balaban J connectivity index is 1.24. The van der Waals surface area contributed by atoms with E-state index in [-0.39, 0.29) is 11.5 Å². The summed E-state index contributed by atoms with van der Waals surface area (Å²) in [7, 11) is 1.61. The summed E-state index contributed by atoms with van der Waals surface area (Å²) in [5, 5.41) is 5.14. The number of ether oxygens (including phenoxy) is 1. The number of hydrogen-bond donors (Lipinski definition) is 0. The molecule has 5 rings (SSSR count). The van der Waals surface area contributed by atoms with Crippen LogP contribution >= 0.6 is 11.3 Å². The molecule has 1 amide bonds. The van der Waals surface area contributed by atoms with E-state index in [1.165, 1.54) is 15.9 Å². The molecular formula is C26H25N5O3S. The molecule has 1 aliphatic rings. The lowest BCUT2D eigenvalue weighted by Crippen LogP contribution is -2.48. The van der Waals surface area contributed by atoms with Gasteiger partial charge in [0.25, 0.3) is 5.56 Å². The van der Waals surface area contributed by atoms with Gasteiger partial charge in [0.2, 0.25) is 10.9 Å². The topological polar surface area (TPSA) is 80.0 Å². The summed E-state index contributed by atoms with van der Waals surface area (Å²) in [6.45, 7) is 3.27. The van der Waals surface area contributed by atoms with Gasteiger partial charge in [-0.3, -0.25) is 14.5 Å². The molecule has 0 N–H and O–H groups in total. The normalized spacial score (nSPS) is 14.6. The molecule has 4 aromatic rings. The minimum absolute atomic E-state index is 0.0137. The van der Waals surface area contributed by atoms with Crippen molar-refractivity contribution in [1.29, 1.82) is 0 Å². The molecule has 2 aromatic heterocycles. The predicted octanol–water partition coefficient (Wildman–Crippen LogP) is 3.18. The van der Waals surface area contributed by atoms with Crippen molar-refractivity contribution in [3.05, 3.63) is 88.4 Å². The van der Waals surface area contributed by atoms with Crippen molar-refractivity contribution in [2.24, 2.45) is 0 Å². The Morgan fingerprint density at radius 2 is 1.80 bits per heavy atom. The number of hydrogen-bond acceptors (Lipinski definition) is 7. The molecule has 1 saturated heterocycles. The number of methoxy groups -OCH3 is 1. The molecule has 0 bridgehead atoms. The molecule has 8 nitrogen and oxygen atoms in total. The monoisotopic (exact) mass is 487 g/mol. The summed E-state index contributed by atoms with van der Waals surface area (Å²) in [5.74, 6) is 0.714. The Kier molecular flexibility index (Phi) is 6.69. The van der Waals surface area contributed by atoms with Crippen molar-refractivity contribution in [3.8, 4) is 16.3 Å². The zero-order chi connectivity index (χ0) is 24.2. The Morgan fingerprint density at radius 1 is 1.06 bits per heavy atom. The summed E-state index contributed by atoms with van der Waals surface area (Å²) < 4.78 is 6.77. The number of carbonyl (C=O) groups excluding carboxylic acids is 1. The first-order chi connectivity index (χ1) is 17.1. The number of nitrogens with zero attached hydrogens (tertiary/aromatic N) is 5. The van der Waals surface area contributed by atoms with Crippen molar-refractivity contribution >= 4 is 28.3 Å². The van der Waals surface area contributed by atoms with Crippen molar-refractivity contribution < 1.29 is 9.53 Å². The number of benzene rings is 2. The quantitative estimate of drug-likeness (QED) is 0.389. The van der Waals surface area contributed by atoms with E-state index in [9.17, 15) is 9.59 Å². The van der Waals surface area contributed by atoms with Crippen LogP contribution in [0, 0.1) is 0 Å². The number of rotatable bonds is 6. The Bertz CT molecular complexity index is 1420. The van der Waals surface area contributed by atoms with Gasteiger partial charge in [-0.05, 0) is 23.8 Å². The Hall–Kier alpha value is -3.82. The van der Waals surface area contributed by atoms with Crippen LogP contribution in [0.3, 0.4) is 0 Å². The second-order valence-corrected chi connectivity index (χ2v) is 9.19. The number of piperazine rings is 1. The van der Waals surface area contributed by atoms with Crippen LogP contribution in [-0.2, 0) is 11.3 Å². The van der Waals surface area contributed by atoms with E-state index in [2.05, 4.69) is 10.00 Å². The first kappa shape index (κ1) is 22.9. The van der Waals surface area contributed by atoms with E-state index in [1.807, 2.05) is 65.6 Å². The average Bonchev–Trinajstić information content (AvgIpc) is 3.33. The minimum atomic E-state index is -0.206. The smallest absolute Gasteiger partial charge is 0.275 e. The number of carbonyl (C=O) groups is 1. The van der Waals surface area contributed by atoms with Gasteiger partial charge in [0, 0.05) is 44.9 Å². The average molecular weight is 488 g/mol. The fourth-order valence-corrected chi connectivity index (χ4v) is 5.01. The summed E-state index contributed by atoms with van der Waals surface area (Å²) in [5.41, 5.74) is 2.33. The third-order valence-corrected chi connectivity index (χ3v) is 6.86. The van der Waals surface area contributed by atoms with Gasteiger partial charge in [0.1, 0.15) is 5.75 Å². The lowest BCUT2D eigenvalue weighted by atomic mass is 10.2. The molecule has 35 heavy (non-hydrogen) atoms. The number of aromatic nitrogens is 3. The van der Waals surface area contributed by atoms with Crippen LogP contribution in [0.15, 0.2) is 71.5 Å². The maximum absolute atomic E-state index is 12.7. The molecule has 1 fully saturated rings. The molecule has 0 radical (unpaired) electrons. The summed E-state index contributed by atoms with van der Waals surface area (Å²) in [4.78, 5) is 34.6. The van der Waals surface area contributed by atoms with Crippen LogP contribution in [0.1, 0.15) is 11.3 Å². The van der Waals surface area contributed by atoms with E-state index >= 15 is 0 Å². The van der Waals surface area contributed by atoms with Gasteiger partial charge in [-0.15, -0.1) is 0 Å². The molecule has 9 heteroatoms. The van der Waals surface area contributed by atoms with E-state index in [0.717, 1.165) is 24.2 Å². The lowest BCUT2D eigenvalue weighted by Gasteiger charge is -2.34. The second kappa shape index (κ2) is 10.2. The second-order valence-electron chi connectivity index (χ2n) is 8.23.